The molecule has 0 bridgehead atoms. The smallest absolute Gasteiger partial charge is 0.0857 e. The molecule has 1 heterocycles. The summed E-state index contributed by atoms with van der Waals surface area (Å²) in [5.41, 5.74) is 4.12. The van der Waals surface area contributed by atoms with E-state index in [4.69, 9.17) is 5.84 Å². The van der Waals surface area contributed by atoms with Gasteiger partial charge in [-0.3, -0.25) is 11.3 Å². The fraction of sp³-hybridized carbons (Fsp3) is 0.833. The fourth-order valence-corrected chi connectivity index (χ4v) is 3.66. The zero-order chi connectivity index (χ0) is 12.5. The van der Waals surface area contributed by atoms with Crippen molar-refractivity contribution in [2.24, 2.45) is 11.8 Å². The maximum absolute atomic E-state index is 5.76. The van der Waals surface area contributed by atoms with Gasteiger partial charge in [0.15, 0.2) is 0 Å². The Morgan fingerprint density at radius 1 is 1.35 bits per heavy atom. The molecular weight excluding hydrogens is 232 g/mol. The third-order valence-electron chi connectivity index (χ3n) is 3.56. The second-order valence-electron chi connectivity index (χ2n) is 5.92. The molecule has 1 aliphatic carbocycles. The Bertz CT molecular complexity index is 363. The average Bonchev–Trinajstić information content (AvgIpc) is 2.87. The number of hydrogen-bond acceptors (Lipinski definition) is 5. The van der Waals surface area contributed by atoms with Gasteiger partial charge in [0.2, 0.25) is 0 Å². The van der Waals surface area contributed by atoms with E-state index < -0.39 is 0 Å². The van der Waals surface area contributed by atoms with Gasteiger partial charge in [-0.2, -0.15) is 0 Å². The van der Waals surface area contributed by atoms with Crippen molar-refractivity contribution in [2.45, 2.75) is 57.9 Å². The van der Waals surface area contributed by atoms with Crippen molar-refractivity contribution >= 4 is 11.5 Å². The molecule has 1 aliphatic rings. The van der Waals surface area contributed by atoms with Gasteiger partial charge in [-0.05, 0) is 30.3 Å². The van der Waals surface area contributed by atoms with Crippen molar-refractivity contribution in [3.05, 3.63) is 10.6 Å². The number of nitrogens with one attached hydrogen (secondary N) is 1. The lowest BCUT2D eigenvalue weighted by atomic mass is 9.87. The summed E-state index contributed by atoms with van der Waals surface area (Å²) in [5, 5.41) is 4.30. The van der Waals surface area contributed by atoms with Crippen molar-refractivity contribution in [3.8, 4) is 0 Å². The monoisotopic (exact) mass is 254 g/mol. The summed E-state index contributed by atoms with van der Waals surface area (Å²) < 4.78 is 4.12. The van der Waals surface area contributed by atoms with Gasteiger partial charge in [0, 0.05) is 5.41 Å². The second kappa shape index (κ2) is 5.00. The number of hydrazine groups is 1. The Hall–Kier alpha value is -0.520. The van der Waals surface area contributed by atoms with E-state index in [1.54, 1.807) is 0 Å². The summed E-state index contributed by atoms with van der Waals surface area (Å²) in [7, 11) is 0. The van der Waals surface area contributed by atoms with E-state index in [0.29, 0.717) is 5.92 Å². The zero-order valence-corrected chi connectivity index (χ0v) is 11.7. The van der Waals surface area contributed by atoms with Crippen LogP contribution in [0.1, 0.15) is 63.1 Å². The number of rotatable bonds is 3. The number of nitrogens with two attached hydrogens (primary N) is 1. The molecule has 1 aromatic heterocycles. The number of nitrogens with zero attached hydrogens (tertiary/aromatic N) is 2. The van der Waals surface area contributed by atoms with Gasteiger partial charge in [-0.25, -0.2) is 0 Å². The molecule has 96 valence electrons. The van der Waals surface area contributed by atoms with Crippen molar-refractivity contribution in [3.63, 3.8) is 0 Å². The van der Waals surface area contributed by atoms with Crippen molar-refractivity contribution in [1.29, 1.82) is 0 Å². The van der Waals surface area contributed by atoms with Crippen LogP contribution < -0.4 is 11.3 Å². The maximum Gasteiger partial charge on any atom is 0.0857 e. The molecule has 4 nitrogen and oxygen atoms in total. The molecule has 0 aliphatic heterocycles. The van der Waals surface area contributed by atoms with Gasteiger partial charge in [0.25, 0.3) is 0 Å². The highest BCUT2D eigenvalue weighted by Gasteiger charge is 2.32. The molecule has 1 fully saturated rings. The molecule has 1 saturated carbocycles. The van der Waals surface area contributed by atoms with Crippen LogP contribution in [0.5, 0.6) is 0 Å². The van der Waals surface area contributed by atoms with E-state index in [-0.39, 0.29) is 11.5 Å². The van der Waals surface area contributed by atoms with Gasteiger partial charge >= 0.3 is 0 Å². The summed E-state index contributed by atoms with van der Waals surface area (Å²) in [6, 6.07) is 0.228. The third kappa shape index (κ3) is 2.67. The Morgan fingerprint density at radius 2 is 2.00 bits per heavy atom. The summed E-state index contributed by atoms with van der Waals surface area (Å²) in [6.07, 6.45) is 5.16. The Balaban J connectivity index is 2.27. The lowest BCUT2D eigenvalue weighted by molar-refractivity contribution is 0.371. The molecule has 2 rings (SSSR count). The minimum absolute atomic E-state index is 0.0377. The standard InChI is InChI=1S/C12H22N4S/c1-12(2,3)11-10(17-16-15-11)9(14-13)8-6-4-5-7-8/h8-9,14H,4-7,13H2,1-3H3. The normalized spacial score (nSPS) is 19.8. The van der Waals surface area contributed by atoms with Crippen molar-refractivity contribution in [2.75, 3.05) is 0 Å². The molecule has 1 unspecified atom stereocenters. The lowest BCUT2D eigenvalue weighted by Crippen LogP contribution is -2.33. The summed E-state index contributed by atoms with van der Waals surface area (Å²) in [5.74, 6) is 6.40. The highest BCUT2D eigenvalue weighted by molar-refractivity contribution is 7.05. The van der Waals surface area contributed by atoms with Gasteiger partial charge in [0.05, 0.1) is 16.6 Å². The van der Waals surface area contributed by atoms with Crippen LogP contribution in [0.4, 0.5) is 0 Å². The van der Waals surface area contributed by atoms with E-state index in [9.17, 15) is 0 Å². The van der Waals surface area contributed by atoms with Gasteiger partial charge < -0.3 is 0 Å². The first kappa shape index (κ1) is 12.9. The van der Waals surface area contributed by atoms with Crippen LogP contribution in [0.3, 0.4) is 0 Å². The van der Waals surface area contributed by atoms with Crippen LogP contribution in [-0.4, -0.2) is 9.59 Å². The van der Waals surface area contributed by atoms with E-state index in [1.807, 2.05) is 0 Å². The Kier molecular flexibility index (Phi) is 3.80. The first-order valence-corrected chi connectivity index (χ1v) is 7.10. The number of hydrogen-bond donors (Lipinski definition) is 2. The second-order valence-corrected chi connectivity index (χ2v) is 6.71. The van der Waals surface area contributed by atoms with Crippen LogP contribution in [0.15, 0.2) is 0 Å². The van der Waals surface area contributed by atoms with Crippen LogP contribution in [0.2, 0.25) is 0 Å². The first-order chi connectivity index (χ1) is 8.04. The minimum atomic E-state index is 0.0377. The Morgan fingerprint density at radius 3 is 2.53 bits per heavy atom. The van der Waals surface area contributed by atoms with E-state index >= 15 is 0 Å². The van der Waals surface area contributed by atoms with E-state index in [1.165, 1.54) is 42.1 Å². The lowest BCUT2D eigenvalue weighted by Gasteiger charge is -2.25. The molecular formula is C12H22N4S. The topological polar surface area (TPSA) is 63.8 Å². The highest BCUT2D eigenvalue weighted by atomic mass is 32.1. The van der Waals surface area contributed by atoms with Crippen molar-refractivity contribution < 1.29 is 0 Å². The SMILES string of the molecule is CC(C)(C)c1nnsc1C(NN)C1CCCC1. The molecule has 1 atom stereocenters. The predicted molar refractivity (Wildman–Crippen MR) is 70.6 cm³/mol. The third-order valence-corrected chi connectivity index (χ3v) is 4.36. The van der Waals surface area contributed by atoms with Crippen LogP contribution in [0.25, 0.3) is 0 Å². The quantitative estimate of drug-likeness (QED) is 0.642. The van der Waals surface area contributed by atoms with Gasteiger partial charge in [-0.1, -0.05) is 38.1 Å². The molecule has 0 aromatic carbocycles. The summed E-state index contributed by atoms with van der Waals surface area (Å²) >= 11 is 1.49. The predicted octanol–water partition coefficient (Wildman–Crippen LogP) is 2.53. The molecule has 0 spiro atoms. The highest BCUT2D eigenvalue weighted by Crippen LogP contribution is 2.39. The van der Waals surface area contributed by atoms with E-state index in [0.717, 1.165) is 5.69 Å². The first-order valence-electron chi connectivity index (χ1n) is 6.33. The van der Waals surface area contributed by atoms with Crippen LogP contribution in [0, 0.1) is 5.92 Å². The molecule has 5 heteroatoms. The molecule has 3 N–H and O–H groups in total. The zero-order valence-electron chi connectivity index (χ0n) is 10.9. The number of aromatic nitrogens is 2. The van der Waals surface area contributed by atoms with Crippen LogP contribution >= 0.6 is 11.5 Å². The van der Waals surface area contributed by atoms with E-state index in [2.05, 4.69) is 35.8 Å². The van der Waals surface area contributed by atoms with Crippen molar-refractivity contribution in [1.82, 2.24) is 15.0 Å². The molecule has 17 heavy (non-hydrogen) atoms. The molecule has 0 saturated heterocycles. The minimum Gasteiger partial charge on any atom is -0.271 e. The van der Waals surface area contributed by atoms with Crippen LogP contribution in [-0.2, 0) is 5.41 Å². The largest absolute Gasteiger partial charge is 0.271 e. The summed E-state index contributed by atoms with van der Waals surface area (Å²) in [4.78, 5) is 1.23. The molecule has 0 amide bonds. The molecule has 1 aromatic rings. The molecule has 0 radical (unpaired) electrons. The van der Waals surface area contributed by atoms with Gasteiger partial charge in [-0.15, -0.1) is 5.10 Å². The van der Waals surface area contributed by atoms with Gasteiger partial charge in [0.1, 0.15) is 0 Å². The average molecular weight is 254 g/mol. The maximum atomic E-state index is 5.76. The Labute approximate surface area is 107 Å². The summed E-state index contributed by atoms with van der Waals surface area (Å²) in [6.45, 7) is 6.53. The fourth-order valence-electron chi connectivity index (χ4n) is 2.64.